The quantitative estimate of drug-likeness (QED) is 0.786. The minimum Gasteiger partial charge on any atom is -0.385 e. The molecule has 2 atom stereocenters. The summed E-state index contributed by atoms with van der Waals surface area (Å²) in [5.74, 6) is 0.604. The number of likely N-dealkylation sites (tertiary alicyclic amines) is 1. The minimum absolute atomic E-state index is 0.236. The van der Waals surface area contributed by atoms with Crippen molar-refractivity contribution in [3.63, 3.8) is 0 Å². The van der Waals surface area contributed by atoms with Crippen LogP contribution < -0.4 is 0 Å². The van der Waals surface area contributed by atoms with Crippen molar-refractivity contribution in [3.8, 4) is 0 Å². The second-order valence-corrected chi connectivity index (χ2v) is 8.37. The molecule has 1 aliphatic carbocycles. The number of piperidine rings is 1. The minimum atomic E-state index is -0.734. The van der Waals surface area contributed by atoms with E-state index in [0.29, 0.717) is 5.92 Å². The van der Waals surface area contributed by atoms with E-state index >= 15 is 0 Å². The molecule has 2 aliphatic rings. The van der Waals surface area contributed by atoms with E-state index in [1.54, 1.807) is 0 Å². The Morgan fingerprint density at radius 2 is 1.62 bits per heavy atom. The molecule has 0 amide bonds. The van der Waals surface area contributed by atoms with Gasteiger partial charge in [0.1, 0.15) is 0 Å². The van der Waals surface area contributed by atoms with E-state index in [9.17, 15) is 5.11 Å². The first-order valence-corrected chi connectivity index (χ1v) is 10.2. The summed E-state index contributed by atoms with van der Waals surface area (Å²) in [5.41, 5.74) is 0.325. The lowest BCUT2D eigenvalue weighted by Crippen LogP contribution is -2.47. The molecule has 24 heavy (non-hydrogen) atoms. The maximum Gasteiger partial charge on any atom is 0.0962 e. The van der Waals surface area contributed by atoms with Crippen LogP contribution in [0.5, 0.6) is 0 Å². The van der Waals surface area contributed by atoms with Gasteiger partial charge >= 0.3 is 0 Å². The van der Waals surface area contributed by atoms with Gasteiger partial charge in [-0.3, -0.25) is 0 Å². The molecule has 134 valence electrons. The van der Waals surface area contributed by atoms with Crippen molar-refractivity contribution in [2.45, 2.75) is 63.9 Å². The summed E-state index contributed by atoms with van der Waals surface area (Å²) in [4.78, 5) is 2.55. The molecular formula is C21H32ClNO. The topological polar surface area (TPSA) is 23.5 Å². The van der Waals surface area contributed by atoms with Crippen molar-refractivity contribution in [3.05, 3.63) is 34.9 Å². The molecule has 1 aromatic rings. The number of nitrogens with zero attached hydrogens (tertiary/aromatic N) is 1. The Morgan fingerprint density at radius 1 is 1.04 bits per heavy atom. The van der Waals surface area contributed by atoms with Gasteiger partial charge in [0.2, 0.25) is 0 Å². The molecule has 0 radical (unpaired) electrons. The van der Waals surface area contributed by atoms with Gasteiger partial charge in [-0.25, -0.2) is 0 Å². The van der Waals surface area contributed by atoms with Gasteiger partial charge in [0.05, 0.1) is 5.60 Å². The number of hydrogen-bond acceptors (Lipinski definition) is 2. The number of aliphatic hydroxyl groups is 1. The van der Waals surface area contributed by atoms with Crippen LogP contribution in [-0.4, -0.2) is 29.6 Å². The zero-order chi connectivity index (χ0) is 17.0. The van der Waals surface area contributed by atoms with Crippen molar-refractivity contribution in [1.82, 2.24) is 4.90 Å². The summed E-state index contributed by atoms with van der Waals surface area (Å²) in [6.07, 6.45) is 10.1. The van der Waals surface area contributed by atoms with Crippen molar-refractivity contribution in [2.75, 3.05) is 19.6 Å². The summed E-state index contributed by atoms with van der Waals surface area (Å²) in [6.45, 7) is 5.62. The van der Waals surface area contributed by atoms with Crippen LogP contribution in [0.2, 0.25) is 5.02 Å². The van der Waals surface area contributed by atoms with E-state index in [1.165, 1.54) is 51.6 Å². The third kappa shape index (κ3) is 3.98. The first-order chi connectivity index (χ1) is 11.6. The van der Waals surface area contributed by atoms with Crippen molar-refractivity contribution >= 4 is 11.6 Å². The zero-order valence-electron chi connectivity index (χ0n) is 15.0. The molecule has 3 heteroatoms. The molecule has 1 saturated carbocycles. The summed E-state index contributed by atoms with van der Waals surface area (Å²) >= 11 is 6.09. The van der Waals surface area contributed by atoms with E-state index in [2.05, 4.69) is 11.8 Å². The highest BCUT2D eigenvalue weighted by Gasteiger charge is 2.43. The third-order valence-corrected chi connectivity index (χ3v) is 6.52. The molecule has 0 spiro atoms. The zero-order valence-corrected chi connectivity index (χ0v) is 15.8. The molecule has 0 unspecified atom stereocenters. The SMILES string of the molecule is C[C@H](CN1CCCCC1)[C@@](O)(c1ccc(Cl)cc1)C1CCCCC1. The fourth-order valence-corrected chi connectivity index (χ4v) is 4.98. The van der Waals surface area contributed by atoms with E-state index in [0.717, 1.165) is 30.0 Å². The Morgan fingerprint density at radius 3 is 2.25 bits per heavy atom. The number of hydrogen-bond donors (Lipinski definition) is 1. The van der Waals surface area contributed by atoms with Crippen LogP contribution in [-0.2, 0) is 5.60 Å². The van der Waals surface area contributed by atoms with Crippen molar-refractivity contribution in [2.24, 2.45) is 11.8 Å². The van der Waals surface area contributed by atoms with E-state index in [1.807, 2.05) is 24.3 Å². The van der Waals surface area contributed by atoms with Gasteiger partial charge in [-0.05, 0) is 62.4 Å². The molecule has 2 nitrogen and oxygen atoms in total. The van der Waals surface area contributed by atoms with Crippen molar-refractivity contribution < 1.29 is 5.11 Å². The fraction of sp³-hybridized carbons (Fsp3) is 0.714. The average Bonchev–Trinajstić information content (AvgIpc) is 2.63. The standard InChI is InChI=1S/C21H32ClNO/c1-17(16-23-14-6-3-7-15-23)21(24,18-8-4-2-5-9-18)19-10-12-20(22)13-11-19/h10-13,17-18,24H,2-9,14-16H2,1H3/t17-,21+/m1/s1. The van der Waals surface area contributed by atoms with Gasteiger partial charge in [0.25, 0.3) is 0 Å². The highest BCUT2D eigenvalue weighted by atomic mass is 35.5. The predicted molar refractivity (Wildman–Crippen MR) is 101 cm³/mol. The smallest absolute Gasteiger partial charge is 0.0962 e. The molecule has 3 rings (SSSR count). The van der Waals surface area contributed by atoms with Crippen LogP contribution in [0.3, 0.4) is 0 Å². The number of rotatable bonds is 5. The largest absolute Gasteiger partial charge is 0.385 e. The molecule has 1 N–H and O–H groups in total. The lowest BCUT2D eigenvalue weighted by atomic mass is 9.67. The van der Waals surface area contributed by atoms with Crippen LogP contribution in [0.1, 0.15) is 63.9 Å². The first-order valence-electron chi connectivity index (χ1n) is 9.81. The van der Waals surface area contributed by atoms with Gasteiger partial charge in [-0.1, -0.05) is 56.3 Å². The second kappa shape index (κ2) is 8.21. The second-order valence-electron chi connectivity index (χ2n) is 7.93. The normalized spacial score (nSPS) is 24.5. The Labute approximate surface area is 152 Å². The Hall–Kier alpha value is -0.570. The monoisotopic (exact) mass is 349 g/mol. The number of halogens is 1. The lowest BCUT2D eigenvalue weighted by molar-refractivity contribution is -0.0917. The van der Waals surface area contributed by atoms with Crippen LogP contribution in [0.25, 0.3) is 0 Å². The average molecular weight is 350 g/mol. The highest BCUT2D eigenvalue weighted by molar-refractivity contribution is 6.30. The third-order valence-electron chi connectivity index (χ3n) is 6.27. The van der Waals surface area contributed by atoms with E-state index < -0.39 is 5.60 Å². The summed E-state index contributed by atoms with van der Waals surface area (Å²) < 4.78 is 0. The van der Waals surface area contributed by atoms with Gasteiger partial charge in [0.15, 0.2) is 0 Å². The first kappa shape index (κ1) is 18.2. The Kier molecular flexibility index (Phi) is 6.23. The molecule has 1 aliphatic heterocycles. The molecule has 0 bridgehead atoms. The van der Waals surface area contributed by atoms with E-state index in [-0.39, 0.29) is 5.92 Å². The number of benzene rings is 1. The predicted octanol–water partition coefficient (Wildman–Crippen LogP) is 5.23. The van der Waals surface area contributed by atoms with E-state index in [4.69, 9.17) is 11.6 Å². The highest BCUT2D eigenvalue weighted by Crippen LogP contribution is 2.44. The lowest BCUT2D eigenvalue weighted by Gasteiger charge is -2.45. The van der Waals surface area contributed by atoms with Gasteiger partial charge < -0.3 is 10.0 Å². The summed E-state index contributed by atoms with van der Waals surface area (Å²) in [6, 6.07) is 7.95. The van der Waals surface area contributed by atoms with Crippen LogP contribution >= 0.6 is 11.6 Å². The van der Waals surface area contributed by atoms with Gasteiger partial charge in [-0.15, -0.1) is 0 Å². The molecule has 1 heterocycles. The molecule has 1 saturated heterocycles. The van der Waals surface area contributed by atoms with Crippen LogP contribution in [0.15, 0.2) is 24.3 Å². The Bertz CT molecular complexity index is 505. The molecular weight excluding hydrogens is 318 g/mol. The van der Waals surface area contributed by atoms with Crippen molar-refractivity contribution in [1.29, 1.82) is 0 Å². The molecule has 2 fully saturated rings. The van der Waals surface area contributed by atoms with Crippen LogP contribution in [0.4, 0.5) is 0 Å². The maximum atomic E-state index is 11.9. The van der Waals surface area contributed by atoms with Crippen LogP contribution in [0, 0.1) is 11.8 Å². The van der Waals surface area contributed by atoms with Gasteiger partial charge in [-0.2, -0.15) is 0 Å². The fourth-order valence-electron chi connectivity index (χ4n) is 4.85. The molecule has 0 aromatic heterocycles. The summed E-state index contributed by atoms with van der Waals surface area (Å²) in [7, 11) is 0. The summed E-state index contributed by atoms with van der Waals surface area (Å²) in [5, 5.41) is 12.7. The van der Waals surface area contributed by atoms with Gasteiger partial charge in [0, 0.05) is 17.5 Å². The Balaban J connectivity index is 1.83. The maximum absolute atomic E-state index is 11.9. The molecule has 1 aromatic carbocycles.